The first kappa shape index (κ1) is 21.2. The summed E-state index contributed by atoms with van der Waals surface area (Å²) in [5.74, 6) is 0.0356. The van der Waals surface area contributed by atoms with Gasteiger partial charge in [-0.2, -0.15) is 0 Å². The lowest BCUT2D eigenvalue weighted by Gasteiger charge is -2.05. The highest BCUT2D eigenvalue weighted by atomic mass is 35.5. The third kappa shape index (κ3) is 5.75. The second kappa shape index (κ2) is 9.82. The van der Waals surface area contributed by atoms with Crippen molar-refractivity contribution in [1.29, 1.82) is 0 Å². The van der Waals surface area contributed by atoms with Crippen LogP contribution < -0.4 is 10.6 Å². The Bertz CT molecular complexity index is 1170. The SMILES string of the molecule is O=C(CSc1ccc(NC(=O)c2ccco2)cc1)Nc1nc(-c2ccc(Cl)cc2)cs1. The fourth-order valence-corrected chi connectivity index (χ4v) is 4.18. The maximum absolute atomic E-state index is 12.3. The molecule has 0 spiro atoms. The molecule has 2 heterocycles. The third-order valence-electron chi connectivity index (χ3n) is 4.12. The van der Waals surface area contributed by atoms with Gasteiger partial charge in [-0.25, -0.2) is 4.98 Å². The molecular formula is C22H16ClN3O3S2. The summed E-state index contributed by atoms with van der Waals surface area (Å²) >= 11 is 8.68. The number of carbonyl (C=O) groups excluding carboxylic acids is 2. The number of aromatic nitrogens is 1. The molecule has 0 aliphatic heterocycles. The predicted molar refractivity (Wildman–Crippen MR) is 125 cm³/mol. The van der Waals surface area contributed by atoms with E-state index in [0.717, 1.165) is 16.2 Å². The Hall–Kier alpha value is -3.07. The Morgan fingerprint density at radius 1 is 1.03 bits per heavy atom. The fourth-order valence-electron chi connectivity index (χ4n) is 2.62. The molecule has 0 bridgehead atoms. The van der Waals surface area contributed by atoms with Crippen molar-refractivity contribution in [2.24, 2.45) is 0 Å². The molecule has 0 fully saturated rings. The van der Waals surface area contributed by atoms with E-state index in [1.165, 1.54) is 29.4 Å². The van der Waals surface area contributed by atoms with Gasteiger partial charge in [0.05, 0.1) is 17.7 Å². The van der Waals surface area contributed by atoms with E-state index >= 15 is 0 Å². The van der Waals surface area contributed by atoms with Gasteiger partial charge in [0, 0.05) is 26.5 Å². The van der Waals surface area contributed by atoms with Gasteiger partial charge in [-0.15, -0.1) is 23.1 Å². The van der Waals surface area contributed by atoms with E-state index in [-0.39, 0.29) is 23.3 Å². The molecule has 156 valence electrons. The van der Waals surface area contributed by atoms with Gasteiger partial charge in [0.25, 0.3) is 5.91 Å². The van der Waals surface area contributed by atoms with Gasteiger partial charge in [0.2, 0.25) is 5.91 Å². The van der Waals surface area contributed by atoms with E-state index in [1.807, 2.05) is 29.6 Å². The first-order valence-corrected chi connectivity index (χ1v) is 11.4. The summed E-state index contributed by atoms with van der Waals surface area (Å²) in [6, 6.07) is 17.9. The molecule has 0 unspecified atom stereocenters. The molecule has 6 nitrogen and oxygen atoms in total. The van der Waals surface area contributed by atoms with Gasteiger partial charge < -0.3 is 15.1 Å². The number of halogens is 1. The zero-order valence-electron chi connectivity index (χ0n) is 16.0. The maximum atomic E-state index is 12.3. The van der Waals surface area contributed by atoms with Crippen LogP contribution in [0.3, 0.4) is 0 Å². The molecule has 4 aromatic rings. The topological polar surface area (TPSA) is 84.2 Å². The lowest BCUT2D eigenvalue weighted by atomic mass is 10.2. The molecular weight excluding hydrogens is 454 g/mol. The molecule has 0 aliphatic carbocycles. The van der Waals surface area contributed by atoms with Crippen LogP contribution in [-0.2, 0) is 4.79 Å². The van der Waals surface area contributed by atoms with Crippen molar-refractivity contribution in [3.05, 3.63) is 83.1 Å². The molecule has 0 radical (unpaired) electrons. The molecule has 0 saturated carbocycles. The maximum Gasteiger partial charge on any atom is 0.291 e. The summed E-state index contributed by atoms with van der Waals surface area (Å²) in [5.41, 5.74) is 2.37. The largest absolute Gasteiger partial charge is 0.459 e. The number of hydrogen-bond acceptors (Lipinski definition) is 6. The van der Waals surface area contributed by atoms with Crippen LogP contribution in [-0.4, -0.2) is 22.6 Å². The van der Waals surface area contributed by atoms with Gasteiger partial charge >= 0.3 is 0 Å². The van der Waals surface area contributed by atoms with Crippen molar-refractivity contribution in [3.8, 4) is 11.3 Å². The van der Waals surface area contributed by atoms with Gasteiger partial charge in [-0.05, 0) is 48.5 Å². The van der Waals surface area contributed by atoms with Crippen molar-refractivity contribution in [3.63, 3.8) is 0 Å². The average Bonchev–Trinajstić information content (AvgIpc) is 3.46. The molecule has 31 heavy (non-hydrogen) atoms. The molecule has 0 atom stereocenters. The van der Waals surface area contributed by atoms with Crippen LogP contribution in [0.15, 0.2) is 81.6 Å². The summed E-state index contributed by atoms with van der Waals surface area (Å²) in [4.78, 5) is 29.6. The van der Waals surface area contributed by atoms with Crippen molar-refractivity contribution >= 4 is 57.3 Å². The summed E-state index contributed by atoms with van der Waals surface area (Å²) < 4.78 is 5.07. The van der Waals surface area contributed by atoms with Crippen LogP contribution >= 0.6 is 34.7 Å². The molecule has 4 rings (SSSR count). The van der Waals surface area contributed by atoms with Crippen molar-refractivity contribution in [2.45, 2.75) is 4.90 Å². The fraction of sp³-hybridized carbons (Fsp3) is 0.0455. The summed E-state index contributed by atoms with van der Waals surface area (Å²) in [7, 11) is 0. The molecule has 0 saturated heterocycles. The van der Waals surface area contributed by atoms with E-state index in [4.69, 9.17) is 16.0 Å². The lowest BCUT2D eigenvalue weighted by molar-refractivity contribution is -0.113. The van der Waals surface area contributed by atoms with Crippen molar-refractivity contribution < 1.29 is 14.0 Å². The Kier molecular flexibility index (Phi) is 6.71. The minimum atomic E-state index is -0.314. The average molecular weight is 470 g/mol. The number of nitrogens with zero attached hydrogens (tertiary/aromatic N) is 1. The molecule has 2 N–H and O–H groups in total. The van der Waals surface area contributed by atoms with E-state index in [9.17, 15) is 9.59 Å². The van der Waals surface area contributed by atoms with E-state index in [0.29, 0.717) is 15.8 Å². The van der Waals surface area contributed by atoms with Crippen LogP contribution in [0.1, 0.15) is 10.6 Å². The smallest absolute Gasteiger partial charge is 0.291 e. The Balaban J connectivity index is 1.27. The third-order valence-corrected chi connectivity index (χ3v) is 6.14. The number of thiazole rings is 1. The zero-order chi connectivity index (χ0) is 21.6. The Morgan fingerprint density at radius 2 is 1.81 bits per heavy atom. The van der Waals surface area contributed by atoms with E-state index < -0.39 is 0 Å². The highest BCUT2D eigenvalue weighted by Crippen LogP contribution is 2.26. The second-order valence-corrected chi connectivity index (χ2v) is 8.68. The minimum Gasteiger partial charge on any atom is -0.459 e. The normalized spacial score (nSPS) is 10.6. The number of anilines is 2. The molecule has 2 aromatic heterocycles. The van der Waals surface area contributed by atoms with Crippen LogP contribution in [0.5, 0.6) is 0 Å². The standard InChI is InChI=1S/C22H16ClN3O3S2/c23-15-5-3-14(4-6-15)18-12-31-22(25-18)26-20(27)13-30-17-9-7-16(8-10-17)24-21(28)19-2-1-11-29-19/h1-12H,13H2,(H,24,28)(H,25,26,27). The Morgan fingerprint density at radius 3 is 2.52 bits per heavy atom. The zero-order valence-corrected chi connectivity index (χ0v) is 18.4. The molecule has 9 heteroatoms. The van der Waals surface area contributed by atoms with E-state index in [1.54, 1.807) is 36.4 Å². The number of nitrogens with one attached hydrogen (secondary N) is 2. The first-order valence-electron chi connectivity index (χ1n) is 9.16. The molecule has 2 aromatic carbocycles. The number of furan rings is 1. The number of rotatable bonds is 7. The number of benzene rings is 2. The summed E-state index contributed by atoms with van der Waals surface area (Å²) in [6.07, 6.45) is 1.45. The van der Waals surface area contributed by atoms with Crippen LogP contribution in [0.2, 0.25) is 5.02 Å². The lowest BCUT2D eigenvalue weighted by Crippen LogP contribution is -2.13. The predicted octanol–water partition coefficient (Wildman–Crippen LogP) is 6.04. The van der Waals surface area contributed by atoms with Crippen molar-refractivity contribution in [1.82, 2.24) is 4.98 Å². The van der Waals surface area contributed by atoms with E-state index in [2.05, 4.69) is 15.6 Å². The second-order valence-electron chi connectivity index (χ2n) is 6.34. The van der Waals surface area contributed by atoms with Crippen LogP contribution in [0.25, 0.3) is 11.3 Å². The summed E-state index contributed by atoms with van der Waals surface area (Å²) in [5, 5.41) is 8.68. The van der Waals surface area contributed by atoms with Crippen LogP contribution in [0.4, 0.5) is 10.8 Å². The number of carbonyl (C=O) groups is 2. The number of amides is 2. The van der Waals surface area contributed by atoms with Crippen molar-refractivity contribution in [2.75, 3.05) is 16.4 Å². The van der Waals surface area contributed by atoms with Gasteiger partial charge in [-0.1, -0.05) is 23.7 Å². The van der Waals surface area contributed by atoms with Crippen LogP contribution in [0, 0.1) is 0 Å². The molecule has 2 amide bonds. The first-order chi connectivity index (χ1) is 15.1. The van der Waals surface area contributed by atoms with Gasteiger partial charge in [-0.3, -0.25) is 9.59 Å². The highest BCUT2D eigenvalue weighted by molar-refractivity contribution is 8.00. The quantitative estimate of drug-likeness (QED) is 0.322. The Labute approximate surface area is 191 Å². The van der Waals surface area contributed by atoms with Gasteiger partial charge in [0.15, 0.2) is 10.9 Å². The number of hydrogen-bond donors (Lipinski definition) is 2. The minimum absolute atomic E-state index is 0.141. The molecule has 0 aliphatic rings. The monoisotopic (exact) mass is 469 g/mol. The number of thioether (sulfide) groups is 1. The highest BCUT2D eigenvalue weighted by Gasteiger charge is 2.10. The van der Waals surface area contributed by atoms with Gasteiger partial charge in [0.1, 0.15) is 0 Å². The summed E-state index contributed by atoms with van der Waals surface area (Å²) in [6.45, 7) is 0.